The van der Waals surface area contributed by atoms with Gasteiger partial charge in [0.2, 0.25) is 0 Å². The predicted molar refractivity (Wildman–Crippen MR) is 61.3 cm³/mol. The molecular weight excluding hydrogens is 190 g/mol. The number of rotatable bonds is 5. The highest BCUT2D eigenvalue weighted by atomic mass is 16.3. The summed E-state index contributed by atoms with van der Waals surface area (Å²) in [5.41, 5.74) is 0.807. The van der Waals surface area contributed by atoms with E-state index in [1.54, 1.807) is 6.07 Å². The number of hydrogen-bond acceptors (Lipinski definition) is 3. The Balaban J connectivity index is 2.61. The van der Waals surface area contributed by atoms with Crippen LogP contribution in [0.5, 0.6) is 11.5 Å². The van der Waals surface area contributed by atoms with Gasteiger partial charge in [0.25, 0.3) is 0 Å². The summed E-state index contributed by atoms with van der Waals surface area (Å²) in [5.74, 6) is -0.0169. The normalized spacial score (nSPS) is 10.9. The molecule has 84 valence electrons. The molecule has 0 amide bonds. The lowest BCUT2D eigenvalue weighted by Crippen LogP contribution is -2.25. The van der Waals surface area contributed by atoms with Crippen LogP contribution >= 0.6 is 0 Å². The fraction of sp³-hybridized carbons (Fsp3) is 0.500. The van der Waals surface area contributed by atoms with Crippen LogP contribution in [0, 0.1) is 0 Å². The molecule has 0 unspecified atom stereocenters. The van der Waals surface area contributed by atoms with Crippen molar-refractivity contribution in [1.29, 1.82) is 0 Å². The topological polar surface area (TPSA) is 43.7 Å². The highest BCUT2D eigenvalue weighted by Crippen LogP contribution is 2.28. The summed E-state index contributed by atoms with van der Waals surface area (Å²) in [6.07, 6.45) is 0.766. The second kappa shape index (κ2) is 5.61. The summed E-state index contributed by atoms with van der Waals surface area (Å²) in [6, 6.07) is 5.10. The molecule has 1 aromatic carbocycles. The van der Waals surface area contributed by atoms with Crippen molar-refractivity contribution in [2.75, 3.05) is 19.6 Å². The number of phenols is 2. The van der Waals surface area contributed by atoms with Crippen molar-refractivity contribution in [3.05, 3.63) is 23.8 Å². The van der Waals surface area contributed by atoms with Gasteiger partial charge in [-0.2, -0.15) is 0 Å². The Morgan fingerprint density at radius 3 is 2.40 bits per heavy atom. The molecule has 0 aliphatic heterocycles. The van der Waals surface area contributed by atoms with Crippen LogP contribution in [0.4, 0.5) is 0 Å². The maximum Gasteiger partial charge on any atom is 0.160 e. The number of para-hydroxylation sites is 1. The molecule has 0 spiro atoms. The maximum absolute atomic E-state index is 9.59. The average Bonchev–Trinajstić information content (AvgIpc) is 2.25. The molecule has 0 bridgehead atoms. The van der Waals surface area contributed by atoms with Gasteiger partial charge in [-0.25, -0.2) is 0 Å². The standard InChI is InChI=1S/C12H19NO2/c1-3-13(4-2)9-8-10-6-5-7-11(14)12(10)15/h5-7,14-15H,3-4,8-9H2,1-2H3. The van der Waals surface area contributed by atoms with Gasteiger partial charge in [-0.1, -0.05) is 26.0 Å². The van der Waals surface area contributed by atoms with E-state index < -0.39 is 0 Å². The first-order valence-electron chi connectivity index (χ1n) is 5.41. The smallest absolute Gasteiger partial charge is 0.160 e. The molecule has 0 heterocycles. The van der Waals surface area contributed by atoms with E-state index in [1.807, 2.05) is 6.07 Å². The number of nitrogens with zero attached hydrogens (tertiary/aromatic N) is 1. The summed E-state index contributed by atoms with van der Waals surface area (Å²) in [5, 5.41) is 18.9. The van der Waals surface area contributed by atoms with E-state index >= 15 is 0 Å². The molecule has 2 N–H and O–H groups in total. The molecule has 0 radical (unpaired) electrons. The fourth-order valence-corrected chi connectivity index (χ4v) is 1.60. The summed E-state index contributed by atoms with van der Waals surface area (Å²) in [6.45, 7) is 7.16. The SMILES string of the molecule is CCN(CC)CCc1cccc(O)c1O. The Morgan fingerprint density at radius 1 is 1.13 bits per heavy atom. The van der Waals surface area contributed by atoms with Gasteiger partial charge < -0.3 is 15.1 Å². The minimum Gasteiger partial charge on any atom is -0.504 e. The van der Waals surface area contributed by atoms with E-state index in [1.165, 1.54) is 6.07 Å². The molecule has 0 saturated heterocycles. The predicted octanol–water partition coefficient (Wildman–Crippen LogP) is 1.98. The Hall–Kier alpha value is -1.22. The average molecular weight is 209 g/mol. The molecule has 1 aromatic rings. The zero-order valence-electron chi connectivity index (χ0n) is 9.40. The highest BCUT2D eigenvalue weighted by Gasteiger charge is 2.06. The quantitative estimate of drug-likeness (QED) is 0.729. The van der Waals surface area contributed by atoms with E-state index in [0.717, 1.165) is 31.6 Å². The van der Waals surface area contributed by atoms with E-state index in [2.05, 4.69) is 18.7 Å². The number of aromatic hydroxyl groups is 2. The van der Waals surface area contributed by atoms with Crippen molar-refractivity contribution in [3.63, 3.8) is 0 Å². The number of hydrogen-bond donors (Lipinski definition) is 2. The molecule has 0 aliphatic rings. The summed E-state index contributed by atoms with van der Waals surface area (Å²) < 4.78 is 0. The highest BCUT2D eigenvalue weighted by molar-refractivity contribution is 5.44. The second-order valence-corrected chi connectivity index (χ2v) is 3.56. The van der Waals surface area contributed by atoms with E-state index in [-0.39, 0.29) is 11.5 Å². The lowest BCUT2D eigenvalue weighted by molar-refractivity contribution is 0.305. The zero-order chi connectivity index (χ0) is 11.3. The van der Waals surface area contributed by atoms with Gasteiger partial charge in [0.05, 0.1) is 0 Å². The maximum atomic E-state index is 9.59. The monoisotopic (exact) mass is 209 g/mol. The van der Waals surface area contributed by atoms with Gasteiger partial charge in [0.1, 0.15) is 0 Å². The van der Waals surface area contributed by atoms with Gasteiger partial charge in [-0.3, -0.25) is 0 Å². The minimum absolute atomic E-state index is 0.0182. The van der Waals surface area contributed by atoms with Crippen molar-refractivity contribution >= 4 is 0 Å². The third-order valence-electron chi connectivity index (χ3n) is 2.69. The summed E-state index contributed by atoms with van der Waals surface area (Å²) >= 11 is 0. The molecule has 0 atom stereocenters. The molecular formula is C12H19NO2. The number of phenolic OH excluding ortho intramolecular Hbond substituents is 2. The summed E-state index contributed by atoms with van der Waals surface area (Å²) in [7, 11) is 0. The van der Waals surface area contributed by atoms with Crippen LogP contribution in [-0.2, 0) is 6.42 Å². The van der Waals surface area contributed by atoms with Crippen LogP contribution in [0.2, 0.25) is 0 Å². The Labute approximate surface area is 91.0 Å². The third kappa shape index (κ3) is 3.13. The first-order valence-corrected chi connectivity index (χ1v) is 5.41. The molecule has 15 heavy (non-hydrogen) atoms. The molecule has 3 nitrogen and oxygen atoms in total. The van der Waals surface area contributed by atoms with E-state index in [4.69, 9.17) is 0 Å². The zero-order valence-corrected chi connectivity index (χ0v) is 9.40. The van der Waals surface area contributed by atoms with Crippen LogP contribution < -0.4 is 0 Å². The Kier molecular flexibility index (Phi) is 4.43. The molecule has 0 aliphatic carbocycles. The Morgan fingerprint density at radius 2 is 1.80 bits per heavy atom. The number of likely N-dealkylation sites (N-methyl/N-ethyl adjacent to an activating group) is 1. The van der Waals surface area contributed by atoms with Gasteiger partial charge in [-0.15, -0.1) is 0 Å². The van der Waals surface area contributed by atoms with Crippen molar-refractivity contribution in [2.24, 2.45) is 0 Å². The Bertz CT molecular complexity index is 308. The minimum atomic E-state index is -0.0351. The molecule has 0 saturated carbocycles. The van der Waals surface area contributed by atoms with Crippen LogP contribution in [0.1, 0.15) is 19.4 Å². The molecule has 1 rings (SSSR count). The second-order valence-electron chi connectivity index (χ2n) is 3.56. The van der Waals surface area contributed by atoms with Crippen molar-refractivity contribution in [1.82, 2.24) is 4.90 Å². The molecule has 0 fully saturated rings. The molecule has 3 heteroatoms. The van der Waals surface area contributed by atoms with Crippen LogP contribution in [0.3, 0.4) is 0 Å². The van der Waals surface area contributed by atoms with Crippen LogP contribution in [0.15, 0.2) is 18.2 Å². The van der Waals surface area contributed by atoms with Crippen LogP contribution in [-0.4, -0.2) is 34.7 Å². The lowest BCUT2D eigenvalue weighted by Gasteiger charge is -2.18. The van der Waals surface area contributed by atoms with Crippen molar-refractivity contribution < 1.29 is 10.2 Å². The largest absolute Gasteiger partial charge is 0.504 e. The van der Waals surface area contributed by atoms with Crippen molar-refractivity contribution in [3.8, 4) is 11.5 Å². The molecule has 0 aromatic heterocycles. The van der Waals surface area contributed by atoms with E-state index in [9.17, 15) is 10.2 Å². The van der Waals surface area contributed by atoms with Gasteiger partial charge in [0, 0.05) is 6.54 Å². The first-order chi connectivity index (χ1) is 7.19. The van der Waals surface area contributed by atoms with Gasteiger partial charge in [0.15, 0.2) is 11.5 Å². The number of benzene rings is 1. The van der Waals surface area contributed by atoms with Crippen molar-refractivity contribution in [2.45, 2.75) is 20.3 Å². The third-order valence-corrected chi connectivity index (χ3v) is 2.69. The van der Waals surface area contributed by atoms with Crippen LogP contribution in [0.25, 0.3) is 0 Å². The lowest BCUT2D eigenvalue weighted by atomic mass is 10.1. The fourth-order valence-electron chi connectivity index (χ4n) is 1.60. The first kappa shape index (κ1) is 11.9. The summed E-state index contributed by atoms with van der Waals surface area (Å²) in [4.78, 5) is 2.28. The van der Waals surface area contributed by atoms with E-state index in [0.29, 0.717) is 0 Å². The van der Waals surface area contributed by atoms with Gasteiger partial charge in [-0.05, 0) is 31.1 Å². The van der Waals surface area contributed by atoms with Gasteiger partial charge >= 0.3 is 0 Å².